The number of nitrogens with zero attached hydrogens (tertiary/aromatic N) is 5. The van der Waals surface area contributed by atoms with Crippen molar-refractivity contribution in [1.82, 2.24) is 24.1 Å². The van der Waals surface area contributed by atoms with Crippen molar-refractivity contribution in [1.29, 1.82) is 0 Å². The Bertz CT molecular complexity index is 1240. The van der Waals surface area contributed by atoms with Crippen LogP contribution in [-0.2, 0) is 12.0 Å². The van der Waals surface area contributed by atoms with E-state index in [4.69, 9.17) is 4.74 Å². The Morgan fingerprint density at radius 3 is 2.50 bits per heavy atom. The Labute approximate surface area is 170 Å². The van der Waals surface area contributed by atoms with Gasteiger partial charge in [0.25, 0.3) is 0 Å². The first-order valence-corrected chi connectivity index (χ1v) is 9.65. The molecule has 0 atom stereocenters. The number of fused-ring (bicyclic) bond motifs is 3. The highest BCUT2D eigenvalue weighted by atomic mass is 79.9. The van der Waals surface area contributed by atoms with Crippen LogP contribution in [0.1, 0.15) is 32.2 Å². The largest absolute Gasteiger partial charge is 0.497 e. The average Bonchev–Trinajstić information content (AvgIpc) is 3.11. The van der Waals surface area contributed by atoms with E-state index in [-0.39, 0.29) is 11.1 Å². The molecule has 3 heterocycles. The van der Waals surface area contributed by atoms with Gasteiger partial charge >= 0.3 is 5.69 Å². The van der Waals surface area contributed by atoms with Crippen molar-refractivity contribution in [3.63, 3.8) is 0 Å². The van der Waals surface area contributed by atoms with Gasteiger partial charge in [0.15, 0.2) is 5.65 Å². The quantitative estimate of drug-likeness (QED) is 0.485. The Kier molecular flexibility index (Phi) is 4.45. The molecule has 4 rings (SSSR count). The SMILES string of the molecule is COc1ccc(Cn2c(=O)n3c(C(C)(C)C)nnc3c3ncc(Br)cc32)cc1. The third-order valence-electron chi connectivity index (χ3n) is 4.59. The number of methoxy groups -OCH3 is 1. The molecule has 0 aliphatic heterocycles. The van der Waals surface area contributed by atoms with Gasteiger partial charge in [0.2, 0.25) is 0 Å². The molecule has 0 aliphatic rings. The van der Waals surface area contributed by atoms with E-state index >= 15 is 0 Å². The molecule has 0 N–H and O–H groups in total. The van der Waals surface area contributed by atoms with Crippen molar-refractivity contribution in [2.75, 3.05) is 7.11 Å². The fraction of sp³-hybridized carbons (Fsp3) is 0.300. The van der Waals surface area contributed by atoms with Crippen molar-refractivity contribution >= 4 is 32.6 Å². The molecule has 1 aromatic carbocycles. The lowest BCUT2D eigenvalue weighted by molar-refractivity contribution is 0.414. The van der Waals surface area contributed by atoms with Gasteiger partial charge in [0.1, 0.15) is 17.1 Å². The second-order valence-electron chi connectivity index (χ2n) is 7.67. The zero-order chi connectivity index (χ0) is 20.1. The molecule has 0 fully saturated rings. The first kappa shape index (κ1) is 18.6. The molecule has 0 aliphatic carbocycles. The van der Waals surface area contributed by atoms with E-state index in [2.05, 4.69) is 31.1 Å². The summed E-state index contributed by atoms with van der Waals surface area (Å²) < 4.78 is 9.30. The van der Waals surface area contributed by atoms with Gasteiger partial charge in [-0.1, -0.05) is 32.9 Å². The van der Waals surface area contributed by atoms with Gasteiger partial charge in [-0.2, -0.15) is 0 Å². The molecule has 0 saturated heterocycles. The van der Waals surface area contributed by atoms with Crippen LogP contribution in [0.5, 0.6) is 5.75 Å². The van der Waals surface area contributed by atoms with Crippen LogP contribution in [0.15, 0.2) is 45.8 Å². The summed E-state index contributed by atoms with van der Waals surface area (Å²) in [6.45, 7) is 6.43. The van der Waals surface area contributed by atoms with Gasteiger partial charge in [0, 0.05) is 16.1 Å². The molecule has 28 heavy (non-hydrogen) atoms. The molecular formula is C20H20BrN5O2. The van der Waals surface area contributed by atoms with E-state index in [0.29, 0.717) is 29.0 Å². The minimum atomic E-state index is -0.334. The molecule has 0 spiro atoms. The second-order valence-corrected chi connectivity index (χ2v) is 8.59. The van der Waals surface area contributed by atoms with Gasteiger partial charge in [-0.25, -0.2) is 14.2 Å². The second kappa shape index (κ2) is 6.70. The molecule has 0 bridgehead atoms. The maximum atomic E-state index is 13.5. The maximum absolute atomic E-state index is 13.5. The Balaban J connectivity index is 2.02. The molecule has 144 valence electrons. The summed E-state index contributed by atoms with van der Waals surface area (Å²) in [5.74, 6) is 1.39. The average molecular weight is 442 g/mol. The highest BCUT2D eigenvalue weighted by Gasteiger charge is 2.25. The van der Waals surface area contributed by atoms with E-state index in [9.17, 15) is 4.79 Å². The number of pyridine rings is 1. The number of hydrogen-bond donors (Lipinski definition) is 0. The van der Waals surface area contributed by atoms with Crippen LogP contribution in [-0.4, -0.2) is 31.3 Å². The van der Waals surface area contributed by atoms with E-state index in [1.54, 1.807) is 22.3 Å². The normalized spacial score (nSPS) is 12.0. The van der Waals surface area contributed by atoms with Crippen LogP contribution in [0, 0.1) is 0 Å². The monoisotopic (exact) mass is 441 g/mol. The van der Waals surface area contributed by atoms with Crippen molar-refractivity contribution in [2.45, 2.75) is 32.7 Å². The molecule has 7 nitrogen and oxygen atoms in total. The first-order valence-electron chi connectivity index (χ1n) is 8.86. The zero-order valence-corrected chi connectivity index (χ0v) is 17.7. The van der Waals surface area contributed by atoms with Crippen molar-refractivity contribution in [3.05, 3.63) is 62.9 Å². The van der Waals surface area contributed by atoms with Crippen LogP contribution < -0.4 is 10.4 Å². The van der Waals surface area contributed by atoms with Gasteiger partial charge < -0.3 is 4.74 Å². The van der Waals surface area contributed by atoms with E-state index in [1.807, 2.05) is 51.1 Å². The summed E-state index contributed by atoms with van der Waals surface area (Å²) in [7, 11) is 1.63. The van der Waals surface area contributed by atoms with Gasteiger partial charge in [-0.05, 0) is 39.7 Å². The number of rotatable bonds is 3. The lowest BCUT2D eigenvalue weighted by atomic mass is 9.96. The molecule has 3 aromatic heterocycles. The molecule has 0 radical (unpaired) electrons. The molecular weight excluding hydrogens is 422 g/mol. The number of aromatic nitrogens is 5. The fourth-order valence-corrected chi connectivity index (χ4v) is 3.52. The highest BCUT2D eigenvalue weighted by Crippen LogP contribution is 2.24. The summed E-state index contributed by atoms with van der Waals surface area (Å²) in [6.07, 6.45) is 1.70. The smallest absolute Gasteiger partial charge is 0.336 e. The van der Waals surface area contributed by atoms with E-state index < -0.39 is 0 Å². The third-order valence-corrected chi connectivity index (χ3v) is 5.03. The maximum Gasteiger partial charge on any atom is 0.336 e. The highest BCUT2D eigenvalue weighted by molar-refractivity contribution is 9.10. The topological polar surface area (TPSA) is 74.3 Å². The lowest BCUT2D eigenvalue weighted by Gasteiger charge is -2.17. The van der Waals surface area contributed by atoms with Crippen molar-refractivity contribution in [2.24, 2.45) is 0 Å². The van der Waals surface area contributed by atoms with Crippen LogP contribution in [0.2, 0.25) is 0 Å². The minimum absolute atomic E-state index is 0.187. The van der Waals surface area contributed by atoms with Crippen molar-refractivity contribution < 1.29 is 4.74 Å². The van der Waals surface area contributed by atoms with Crippen LogP contribution in [0.4, 0.5) is 0 Å². The fourth-order valence-electron chi connectivity index (χ4n) is 3.20. The predicted molar refractivity (Wildman–Crippen MR) is 111 cm³/mol. The molecule has 0 unspecified atom stereocenters. The summed E-state index contributed by atoms with van der Waals surface area (Å²) in [4.78, 5) is 18.0. The lowest BCUT2D eigenvalue weighted by Crippen LogP contribution is -2.31. The number of benzene rings is 1. The Morgan fingerprint density at radius 2 is 1.86 bits per heavy atom. The van der Waals surface area contributed by atoms with Crippen LogP contribution >= 0.6 is 15.9 Å². The van der Waals surface area contributed by atoms with Crippen molar-refractivity contribution in [3.8, 4) is 5.75 Å². The molecule has 0 amide bonds. The number of ether oxygens (including phenoxy) is 1. The number of halogens is 1. The van der Waals surface area contributed by atoms with Gasteiger partial charge in [-0.3, -0.25) is 4.57 Å². The predicted octanol–water partition coefficient (Wildman–Crippen LogP) is 3.56. The summed E-state index contributed by atoms with van der Waals surface area (Å²) in [5, 5.41) is 8.58. The van der Waals surface area contributed by atoms with Gasteiger partial charge in [0.05, 0.1) is 19.2 Å². The van der Waals surface area contributed by atoms with E-state index in [1.165, 1.54) is 0 Å². The Hall–Kier alpha value is -2.74. The first-order chi connectivity index (χ1) is 13.3. The Morgan fingerprint density at radius 1 is 1.14 bits per heavy atom. The third kappa shape index (κ3) is 3.07. The molecule has 4 aromatic rings. The molecule has 0 saturated carbocycles. The van der Waals surface area contributed by atoms with Crippen LogP contribution in [0.25, 0.3) is 16.7 Å². The summed E-state index contributed by atoms with van der Waals surface area (Å²) in [5.41, 5.74) is 2.28. The van der Waals surface area contributed by atoms with Crippen LogP contribution in [0.3, 0.4) is 0 Å². The standard InChI is InChI=1S/C20H20BrN5O2/c1-20(2,3)18-24-23-17-16-15(9-13(21)10-22-16)25(19(27)26(17)18)11-12-5-7-14(28-4)8-6-12/h5-10H,11H2,1-4H3. The zero-order valence-electron chi connectivity index (χ0n) is 16.1. The summed E-state index contributed by atoms with van der Waals surface area (Å²) in [6, 6.07) is 9.55. The minimum Gasteiger partial charge on any atom is -0.497 e. The summed E-state index contributed by atoms with van der Waals surface area (Å²) >= 11 is 3.46. The molecule has 8 heteroatoms. The van der Waals surface area contributed by atoms with E-state index in [0.717, 1.165) is 15.8 Å². The number of hydrogen-bond acceptors (Lipinski definition) is 5. The van der Waals surface area contributed by atoms with Gasteiger partial charge in [-0.15, -0.1) is 10.2 Å².